The molecule has 2 unspecified atom stereocenters. The minimum absolute atomic E-state index is 0.558. The van der Waals surface area contributed by atoms with Gasteiger partial charge in [-0.2, -0.15) is 0 Å². The summed E-state index contributed by atoms with van der Waals surface area (Å²) in [6, 6.07) is 1.21. The van der Waals surface area contributed by atoms with Crippen LogP contribution in [0.3, 0.4) is 0 Å². The number of rotatable bonds is 7. The molecule has 1 aliphatic carbocycles. The predicted molar refractivity (Wildman–Crippen MR) is 95.3 cm³/mol. The average Bonchev–Trinajstić information content (AvgIpc) is 3.19. The molecule has 2 N–H and O–H groups in total. The quantitative estimate of drug-likeness (QED) is 0.432. The number of guanidine groups is 1. The molecule has 22 heavy (non-hydrogen) atoms. The molecule has 0 aromatic rings. The lowest BCUT2D eigenvalue weighted by molar-refractivity contribution is 0.221. The van der Waals surface area contributed by atoms with Crippen molar-refractivity contribution in [3.63, 3.8) is 0 Å². The Labute approximate surface area is 136 Å². The number of piperidine rings is 1. The van der Waals surface area contributed by atoms with Crippen LogP contribution in [0.15, 0.2) is 17.1 Å². The van der Waals surface area contributed by atoms with E-state index in [1.807, 2.05) is 0 Å². The van der Waals surface area contributed by atoms with E-state index in [2.05, 4.69) is 47.9 Å². The van der Waals surface area contributed by atoms with Gasteiger partial charge in [-0.3, -0.25) is 9.89 Å². The van der Waals surface area contributed by atoms with E-state index in [1.165, 1.54) is 37.7 Å². The van der Waals surface area contributed by atoms with Crippen LogP contribution in [0, 0.1) is 5.92 Å². The zero-order valence-electron chi connectivity index (χ0n) is 14.7. The molecular weight excluding hydrogens is 272 g/mol. The number of nitrogens with one attached hydrogen (secondary N) is 2. The third kappa shape index (κ3) is 5.64. The van der Waals surface area contributed by atoms with Gasteiger partial charge >= 0.3 is 0 Å². The minimum atomic E-state index is 0.558. The number of aliphatic imine (C=N–C) groups is 1. The van der Waals surface area contributed by atoms with Crippen molar-refractivity contribution in [2.75, 3.05) is 26.2 Å². The van der Waals surface area contributed by atoms with Gasteiger partial charge < -0.3 is 10.6 Å². The second-order valence-electron chi connectivity index (χ2n) is 7.01. The predicted octanol–water partition coefficient (Wildman–Crippen LogP) is 2.77. The van der Waals surface area contributed by atoms with E-state index < -0.39 is 0 Å². The molecule has 0 aromatic heterocycles. The van der Waals surface area contributed by atoms with Crippen LogP contribution in [0.5, 0.6) is 0 Å². The standard InChI is InChI=1S/C18H34N4/c1-5-7-15-12-17(15)21-18(19-6-2)20-16-8-10-22(11-9-16)13-14(3)4/h15-17H,3,5-13H2,1-2,4H3,(H2,19,20,21). The zero-order valence-corrected chi connectivity index (χ0v) is 14.7. The van der Waals surface area contributed by atoms with Crippen LogP contribution < -0.4 is 10.6 Å². The number of nitrogens with zero attached hydrogens (tertiary/aromatic N) is 2. The Bertz CT molecular complexity index is 383. The molecule has 2 aliphatic rings. The molecule has 4 heteroatoms. The van der Waals surface area contributed by atoms with E-state index in [1.54, 1.807) is 0 Å². The van der Waals surface area contributed by atoms with Gasteiger partial charge in [0, 0.05) is 38.3 Å². The first-order valence-corrected chi connectivity index (χ1v) is 9.06. The Morgan fingerprint density at radius 3 is 2.55 bits per heavy atom. The largest absolute Gasteiger partial charge is 0.354 e. The van der Waals surface area contributed by atoms with Crippen molar-refractivity contribution >= 4 is 5.96 Å². The summed E-state index contributed by atoms with van der Waals surface area (Å²) in [6.07, 6.45) is 6.34. The van der Waals surface area contributed by atoms with Crippen LogP contribution in [0.25, 0.3) is 0 Å². The third-order valence-corrected chi connectivity index (χ3v) is 4.64. The first kappa shape index (κ1) is 17.3. The molecule has 0 amide bonds. The van der Waals surface area contributed by atoms with Crippen molar-refractivity contribution < 1.29 is 0 Å². The summed E-state index contributed by atoms with van der Waals surface area (Å²) in [7, 11) is 0. The van der Waals surface area contributed by atoms with Crippen molar-refractivity contribution in [2.24, 2.45) is 10.9 Å². The average molecular weight is 306 g/mol. The summed E-state index contributed by atoms with van der Waals surface area (Å²) in [5, 5.41) is 7.28. The fourth-order valence-corrected chi connectivity index (χ4v) is 3.39. The number of hydrogen-bond acceptors (Lipinski definition) is 2. The highest BCUT2D eigenvalue weighted by atomic mass is 15.2. The first-order chi connectivity index (χ1) is 10.6. The van der Waals surface area contributed by atoms with Gasteiger partial charge in [0.1, 0.15) is 0 Å². The SMILES string of the molecule is C=C(C)CN1CCC(NC(=NCC)NC2CC2CCC)CC1. The summed E-state index contributed by atoms with van der Waals surface area (Å²) in [5.41, 5.74) is 1.26. The molecule has 4 nitrogen and oxygen atoms in total. The second-order valence-corrected chi connectivity index (χ2v) is 7.01. The van der Waals surface area contributed by atoms with E-state index in [-0.39, 0.29) is 0 Å². The Balaban J connectivity index is 1.73. The van der Waals surface area contributed by atoms with Gasteiger partial charge in [0.05, 0.1) is 0 Å². The first-order valence-electron chi connectivity index (χ1n) is 9.06. The van der Waals surface area contributed by atoms with Gasteiger partial charge in [0.2, 0.25) is 0 Å². The Kier molecular flexibility index (Phi) is 6.74. The Hall–Kier alpha value is -1.03. The number of hydrogen-bond donors (Lipinski definition) is 2. The van der Waals surface area contributed by atoms with Crippen molar-refractivity contribution in [1.82, 2.24) is 15.5 Å². The van der Waals surface area contributed by atoms with Gasteiger partial charge in [0.15, 0.2) is 5.96 Å². The molecule has 0 radical (unpaired) electrons. The maximum absolute atomic E-state index is 4.63. The Morgan fingerprint density at radius 2 is 1.95 bits per heavy atom. The zero-order chi connectivity index (χ0) is 15.9. The van der Waals surface area contributed by atoms with E-state index in [0.717, 1.165) is 38.1 Å². The van der Waals surface area contributed by atoms with Crippen LogP contribution in [0.2, 0.25) is 0 Å². The molecule has 126 valence electrons. The van der Waals surface area contributed by atoms with Crippen LogP contribution in [-0.4, -0.2) is 49.1 Å². The summed E-state index contributed by atoms with van der Waals surface area (Å²) in [4.78, 5) is 7.13. The highest BCUT2D eigenvalue weighted by molar-refractivity contribution is 5.80. The van der Waals surface area contributed by atoms with E-state index >= 15 is 0 Å². The Morgan fingerprint density at radius 1 is 1.23 bits per heavy atom. The smallest absolute Gasteiger partial charge is 0.191 e. The fourth-order valence-electron chi connectivity index (χ4n) is 3.39. The second kappa shape index (κ2) is 8.56. The lowest BCUT2D eigenvalue weighted by atomic mass is 10.0. The van der Waals surface area contributed by atoms with Crippen molar-refractivity contribution in [1.29, 1.82) is 0 Å². The topological polar surface area (TPSA) is 39.7 Å². The highest BCUT2D eigenvalue weighted by Crippen LogP contribution is 2.34. The summed E-state index contributed by atoms with van der Waals surface area (Å²) in [5.74, 6) is 1.90. The summed E-state index contributed by atoms with van der Waals surface area (Å²) in [6.45, 7) is 14.7. The molecule has 0 bridgehead atoms. The van der Waals surface area contributed by atoms with Crippen LogP contribution >= 0.6 is 0 Å². The van der Waals surface area contributed by atoms with Crippen molar-refractivity contribution in [2.45, 2.75) is 65.0 Å². The lowest BCUT2D eigenvalue weighted by Gasteiger charge is -2.33. The number of likely N-dealkylation sites (tertiary alicyclic amines) is 1. The monoisotopic (exact) mass is 306 g/mol. The summed E-state index contributed by atoms with van der Waals surface area (Å²) >= 11 is 0. The minimum Gasteiger partial charge on any atom is -0.354 e. The molecule has 2 atom stereocenters. The van der Waals surface area contributed by atoms with Crippen LogP contribution in [0.4, 0.5) is 0 Å². The molecule has 1 saturated carbocycles. The van der Waals surface area contributed by atoms with E-state index in [9.17, 15) is 0 Å². The van der Waals surface area contributed by atoms with Gasteiger partial charge in [-0.25, -0.2) is 0 Å². The van der Waals surface area contributed by atoms with Crippen LogP contribution in [-0.2, 0) is 0 Å². The van der Waals surface area contributed by atoms with Crippen LogP contribution in [0.1, 0.15) is 52.9 Å². The highest BCUT2D eigenvalue weighted by Gasteiger charge is 2.36. The van der Waals surface area contributed by atoms with E-state index in [4.69, 9.17) is 0 Å². The molecule has 0 aromatic carbocycles. The van der Waals surface area contributed by atoms with Gasteiger partial charge in [0.25, 0.3) is 0 Å². The van der Waals surface area contributed by atoms with Crippen molar-refractivity contribution in [3.05, 3.63) is 12.2 Å². The van der Waals surface area contributed by atoms with E-state index in [0.29, 0.717) is 12.1 Å². The third-order valence-electron chi connectivity index (χ3n) is 4.64. The fraction of sp³-hybridized carbons (Fsp3) is 0.833. The molecule has 1 saturated heterocycles. The van der Waals surface area contributed by atoms with Gasteiger partial charge in [-0.15, -0.1) is 0 Å². The molecule has 1 aliphatic heterocycles. The molecular formula is C18H34N4. The van der Waals surface area contributed by atoms with Gasteiger partial charge in [-0.05, 0) is 45.4 Å². The van der Waals surface area contributed by atoms with Crippen molar-refractivity contribution in [3.8, 4) is 0 Å². The normalized spacial score (nSPS) is 26.8. The van der Waals surface area contributed by atoms with Gasteiger partial charge in [-0.1, -0.05) is 25.5 Å². The molecule has 1 heterocycles. The maximum Gasteiger partial charge on any atom is 0.191 e. The molecule has 2 rings (SSSR count). The molecule has 2 fully saturated rings. The maximum atomic E-state index is 4.63. The summed E-state index contributed by atoms with van der Waals surface area (Å²) < 4.78 is 0. The molecule has 0 spiro atoms. The lowest BCUT2D eigenvalue weighted by Crippen LogP contribution is -2.49.